The SMILES string of the molecule is C[C@H](OP(=O)(O)OP(=O)(O)OP(=O)(O)O)[C@H]1O[C@@H](n2ccc(=O)[nH]c2=O)C(F)(C#CCF)[C@H]1O. The molecule has 2 heterocycles. The van der Waals surface area contributed by atoms with Gasteiger partial charge in [-0.05, 0) is 6.92 Å². The molecule has 0 bridgehead atoms. The van der Waals surface area contributed by atoms with E-state index in [9.17, 15) is 42.6 Å². The lowest BCUT2D eigenvalue weighted by Gasteiger charge is -2.25. The van der Waals surface area contributed by atoms with Crippen LogP contribution in [-0.2, 0) is 31.6 Å². The number of alkyl halides is 2. The number of H-pyrrole nitrogens is 1. The minimum atomic E-state index is -5.87. The molecule has 0 spiro atoms. The molecule has 1 fully saturated rings. The normalized spacial score (nSPS) is 29.5. The van der Waals surface area contributed by atoms with E-state index >= 15 is 4.39 Å². The molecule has 0 amide bonds. The van der Waals surface area contributed by atoms with Crippen molar-refractivity contribution >= 4 is 23.5 Å². The summed E-state index contributed by atoms with van der Waals surface area (Å²) < 4.78 is 79.5. The minimum Gasteiger partial charge on any atom is -0.386 e. The van der Waals surface area contributed by atoms with Crippen LogP contribution in [-0.4, -0.2) is 64.9 Å². The quantitative estimate of drug-likeness (QED) is 0.170. The highest BCUT2D eigenvalue weighted by Gasteiger charge is 2.60. The summed E-state index contributed by atoms with van der Waals surface area (Å²) in [5.41, 5.74) is -5.35. The minimum absolute atomic E-state index is 0.440. The van der Waals surface area contributed by atoms with E-state index in [1.54, 1.807) is 16.8 Å². The molecule has 3 unspecified atom stereocenters. The van der Waals surface area contributed by atoms with Gasteiger partial charge in [0.05, 0.1) is 6.10 Å². The first-order chi connectivity index (χ1) is 15.4. The number of rotatable bonds is 8. The summed E-state index contributed by atoms with van der Waals surface area (Å²) in [4.78, 5) is 61.0. The number of hydrogen-bond acceptors (Lipinski definition) is 10. The summed E-state index contributed by atoms with van der Waals surface area (Å²) in [6.45, 7) is -0.513. The van der Waals surface area contributed by atoms with Gasteiger partial charge in [-0.1, -0.05) is 11.8 Å². The van der Waals surface area contributed by atoms with Crippen LogP contribution in [0.25, 0.3) is 0 Å². The average molecular weight is 556 g/mol. The Labute approximate surface area is 187 Å². The molecule has 0 radical (unpaired) electrons. The topological polar surface area (TPSA) is 244 Å². The third-order valence-electron chi connectivity index (χ3n) is 4.02. The summed E-state index contributed by atoms with van der Waals surface area (Å²) in [6, 6.07) is 0.781. The summed E-state index contributed by atoms with van der Waals surface area (Å²) in [7, 11) is -17.2. The Kier molecular flexibility index (Phi) is 8.60. The molecule has 1 aromatic rings. The van der Waals surface area contributed by atoms with Crippen LogP contribution < -0.4 is 11.2 Å². The van der Waals surface area contributed by atoms with Crippen molar-refractivity contribution in [2.75, 3.05) is 6.67 Å². The van der Waals surface area contributed by atoms with Crippen LogP contribution in [0, 0.1) is 11.8 Å². The van der Waals surface area contributed by atoms with E-state index in [1.165, 1.54) is 0 Å². The van der Waals surface area contributed by atoms with Gasteiger partial charge in [0.25, 0.3) is 5.56 Å². The number of aromatic nitrogens is 2. The van der Waals surface area contributed by atoms with Crippen LogP contribution in [0.3, 0.4) is 0 Å². The molecule has 1 saturated heterocycles. The number of halogens is 2. The first-order valence-electron chi connectivity index (χ1n) is 8.63. The Hall–Kier alpha value is -1.57. The second kappa shape index (κ2) is 10.2. The number of nitrogens with one attached hydrogen (secondary N) is 1. The zero-order valence-corrected chi connectivity index (χ0v) is 19.3. The van der Waals surface area contributed by atoms with Crippen molar-refractivity contribution in [2.45, 2.75) is 37.1 Å². The van der Waals surface area contributed by atoms with Gasteiger partial charge in [-0.15, -0.1) is 0 Å². The van der Waals surface area contributed by atoms with Gasteiger partial charge in [-0.25, -0.2) is 27.3 Å². The summed E-state index contributed by atoms with van der Waals surface area (Å²) in [5, 5.41) is 10.4. The monoisotopic (exact) mass is 556 g/mol. The molecule has 7 atom stereocenters. The van der Waals surface area contributed by atoms with E-state index in [0.717, 1.165) is 19.2 Å². The van der Waals surface area contributed by atoms with Crippen molar-refractivity contribution in [1.82, 2.24) is 9.55 Å². The number of ether oxygens (including phenoxy) is 1. The lowest BCUT2D eigenvalue weighted by molar-refractivity contribution is -0.0781. The molecule has 6 N–H and O–H groups in total. The van der Waals surface area contributed by atoms with Crippen LogP contribution >= 0.6 is 23.5 Å². The van der Waals surface area contributed by atoms with Gasteiger partial charge in [0.2, 0.25) is 5.67 Å². The molecule has 34 heavy (non-hydrogen) atoms. The van der Waals surface area contributed by atoms with Crippen LogP contribution in [0.15, 0.2) is 21.9 Å². The predicted octanol–water partition coefficient (Wildman–Crippen LogP) is -0.792. The van der Waals surface area contributed by atoms with E-state index in [-0.39, 0.29) is 0 Å². The molecule has 16 nitrogen and oxygen atoms in total. The number of aromatic amines is 1. The van der Waals surface area contributed by atoms with Crippen LogP contribution in [0.4, 0.5) is 8.78 Å². The van der Waals surface area contributed by atoms with Crippen LogP contribution in [0.1, 0.15) is 13.2 Å². The number of phosphoric ester groups is 1. The average Bonchev–Trinajstić information content (AvgIpc) is 2.88. The Balaban J connectivity index is 2.35. The molecule has 0 aliphatic carbocycles. The lowest BCUT2D eigenvalue weighted by Crippen LogP contribution is -2.46. The van der Waals surface area contributed by atoms with Gasteiger partial charge in [-0.2, -0.15) is 8.62 Å². The zero-order valence-electron chi connectivity index (χ0n) is 16.6. The van der Waals surface area contributed by atoms with E-state index in [4.69, 9.17) is 14.5 Å². The highest BCUT2D eigenvalue weighted by Crippen LogP contribution is 2.66. The zero-order chi connectivity index (χ0) is 26.1. The van der Waals surface area contributed by atoms with Gasteiger partial charge in [0.1, 0.15) is 18.9 Å². The molecule has 1 aliphatic heterocycles. The van der Waals surface area contributed by atoms with Crippen molar-refractivity contribution < 1.29 is 65.0 Å². The molecule has 21 heteroatoms. The van der Waals surface area contributed by atoms with Crippen molar-refractivity contribution in [1.29, 1.82) is 0 Å². The summed E-state index contributed by atoms with van der Waals surface area (Å²) in [6.07, 6.45) is -7.68. The molecular formula is C13H17F2N2O14P3. The summed E-state index contributed by atoms with van der Waals surface area (Å²) in [5.74, 6) is 3.43. The Morgan fingerprint density at radius 3 is 2.38 bits per heavy atom. The number of hydrogen-bond donors (Lipinski definition) is 6. The lowest BCUT2D eigenvalue weighted by atomic mass is 9.94. The Morgan fingerprint density at radius 2 is 1.85 bits per heavy atom. The van der Waals surface area contributed by atoms with Gasteiger partial charge in [-0.3, -0.25) is 18.9 Å². The standard InChI is InChI=1S/C13H17F2N2O14P3/c1-7(29-33(24,25)31-34(26,27)30-32(21,22)23)9-10(19)13(15,4-2-5-14)11(28-9)17-6-3-8(18)16-12(17)20/h3,6-7,9-11,19H,5H2,1H3,(H,24,25)(H,26,27)(H,16,18,20)(H2,21,22,23)/t7-,9+,10-,11+,13?/m0/s1. The number of aliphatic hydroxyl groups excluding tert-OH is 1. The molecule has 1 aliphatic rings. The summed E-state index contributed by atoms with van der Waals surface area (Å²) >= 11 is 0. The molecule has 0 aromatic carbocycles. The second-order valence-electron chi connectivity index (χ2n) is 6.52. The maximum Gasteiger partial charge on any atom is 0.490 e. The van der Waals surface area contributed by atoms with Crippen molar-refractivity contribution in [3.63, 3.8) is 0 Å². The first kappa shape index (κ1) is 28.7. The largest absolute Gasteiger partial charge is 0.490 e. The van der Waals surface area contributed by atoms with Crippen LogP contribution in [0.5, 0.6) is 0 Å². The first-order valence-corrected chi connectivity index (χ1v) is 13.1. The fourth-order valence-electron chi connectivity index (χ4n) is 2.83. The van der Waals surface area contributed by atoms with E-state index in [2.05, 4.69) is 13.1 Å². The second-order valence-corrected chi connectivity index (χ2v) is 10.9. The van der Waals surface area contributed by atoms with Gasteiger partial charge >= 0.3 is 29.2 Å². The maximum absolute atomic E-state index is 15.6. The van der Waals surface area contributed by atoms with Gasteiger partial charge < -0.3 is 29.4 Å². The molecule has 2 rings (SSSR count). The van der Waals surface area contributed by atoms with Crippen molar-refractivity contribution in [3.05, 3.63) is 33.1 Å². The van der Waals surface area contributed by atoms with E-state index in [0.29, 0.717) is 4.57 Å². The third kappa shape index (κ3) is 6.98. The van der Waals surface area contributed by atoms with Crippen molar-refractivity contribution in [2.24, 2.45) is 0 Å². The highest BCUT2D eigenvalue weighted by atomic mass is 31.3. The van der Waals surface area contributed by atoms with Gasteiger partial charge in [0, 0.05) is 12.3 Å². The van der Waals surface area contributed by atoms with Crippen molar-refractivity contribution in [3.8, 4) is 11.8 Å². The molecule has 192 valence electrons. The fraction of sp³-hybridized carbons (Fsp3) is 0.538. The number of aliphatic hydroxyl groups is 1. The van der Waals surface area contributed by atoms with E-state index in [1.807, 2.05) is 0 Å². The Morgan fingerprint density at radius 1 is 1.24 bits per heavy atom. The molecule has 0 saturated carbocycles. The highest BCUT2D eigenvalue weighted by molar-refractivity contribution is 7.66. The maximum atomic E-state index is 15.6. The fourth-order valence-corrected chi connectivity index (χ4v) is 6.03. The Bertz CT molecular complexity index is 1240. The van der Waals surface area contributed by atoms with Crippen LogP contribution in [0.2, 0.25) is 0 Å². The smallest absolute Gasteiger partial charge is 0.386 e. The molecule has 1 aromatic heterocycles. The molecular weight excluding hydrogens is 539 g/mol. The van der Waals surface area contributed by atoms with Gasteiger partial charge in [0.15, 0.2) is 6.23 Å². The third-order valence-corrected chi connectivity index (χ3v) is 7.94. The number of nitrogens with zero attached hydrogens (tertiary/aromatic N) is 1. The van der Waals surface area contributed by atoms with E-state index < -0.39 is 71.6 Å². The number of phosphoric acid groups is 3. The predicted molar refractivity (Wildman–Crippen MR) is 103 cm³/mol.